The minimum atomic E-state index is -0.586. The molecule has 2 rings (SSSR count). The fourth-order valence-electron chi connectivity index (χ4n) is 2.61. The lowest BCUT2D eigenvalue weighted by Gasteiger charge is -2.13. The molecule has 8 heteroatoms. The summed E-state index contributed by atoms with van der Waals surface area (Å²) in [6.07, 6.45) is 6.72. The van der Waals surface area contributed by atoms with Gasteiger partial charge in [0.05, 0.1) is 22.3 Å². The normalized spacial score (nSPS) is 10.5. The zero-order chi connectivity index (χ0) is 23.5. The zero-order valence-electron chi connectivity index (χ0n) is 17.6. The number of carbonyl (C=O) groups excluding carboxylic acids is 2. The molecule has 2 aromatic rings. The molecule has 1 N–H and O–H groups in total. The Bertz CT molecular complexity index is 1100. The average molecular weight is 544 g/mol. The number of rotatable bonds is 9. The van der Waals surface area contributed by atoms with Crippen LogP contribution >= 0.6 is 22.6 Å². The summed E-state index contributed by atoms with van der Waals surface area (Å²) in [7, 11) is 0. The second kappa shape index (κ2) is 12.4. The summed E-state index contributed by atoms with van der Waals surface area (Å²) in [5.41, 5.74) is 1.29. The van der Waals surface area contributed by atoms with Crippen molar-refractivity contribution in [3.8, 4) is 29.9 Å². The molecule has 0 aliphatic carbocycles. The predicted molar refractivity (Wildman–Crippen MR) is 129 cm³/mol. The summed E-state index contributed by atoms with van der Waals surface area (Å²) < 4.78 is 16.8. The monoisotopic (exact) mass is 544 g/mol. The van der Waals surface area contributed by atoms with Gasteiger partial charge >= 0.3 is 5.97 Å². The maximum atomic E-state index is 12.6. The van der Waals surface area contributed by atoms with Gasteiger partial charge in [0, 0.05) is 5.69 Å². The summed E-state index contributed by atoms with van der Waals surface area (Å²) in [5.74, 6) is 2.35. The number of nitrogens with one attached hydrogen (secondary N) is 1. The van der Waals surface area contributed by atoms with Crippen LogP contribution in [0.3, 0.4) is 0 Å². The topological polar surface area (TPSA) is 97.7 Å². The van der Waals surface area contributed by atoms with Crippen molar-refractivity contribution in [3.63, 3.8) is 0 Å². The third-order valence-corrected chi connectivity index (χ3v) is 4.76. The van der Waals surface area contributed by atoms with E-state index < -0.39 is 11.9 Å². The molecule has 2 aromatic carbocycles. The molecule has 0 aliphatic rings. The van der Waals surface area contributed by atoms with E-state index in [1.165, 1.54) is 18.2 Å². The van der Waals surface area contributed by atoms with E-state index in [0.717, 1.165) is 3.57 Å². The third kappa shape index (κ3) is 6.76. The van der Waals surface area contributed by atoms with Crippen molar-refractivity contribution in [2.45, 2.75) is 13.8 Å². The number of benzene rings is 2. The second-order valence-electron chi connectivity index (χ2n) is 6.18. The molecule has 0 aliphatic heterocycles. The number of ether oxygens (including phenoxy) is 3. The molecular weight excluding hydrogens is 523 g/mol. The lowest BCUT2D eigenvalue weighted by molar-refractivity contribution is -0.112. The number of nitriles is 1. The second-order valence-corrected chi connectivity index (χ2v) is 7.34. The number of amides is 1. The highest BCUT2D eigenvalue weighted by molar-refractivity contribution is 14.1. The fourth-order valence-corrected chi connectivity index (χ4v) is 3.39. The molecular formula is C24H21IN2O5. The number of hydrogen-bond donors (Lipinski definition) is 1. The van der Waals surface area contributed by atoms with Crippen molar-refractivity contribution in [3.05, 3.63) is 56.7 Å². The van der Waals surface area contributed by atoms with Crippen LogP contribution < -0.4 is 14.8 Å². The summed E-state index contributed by atoms with van der Waals surface area (Å²) in [6, 6.07) is 11.5. The minimum Gasteiger partial charge on any atom is -0.490 e. The molecule has 0 heterocycles. The highest BCUT2D eigenvalue weighted by atomic mass is 127. The Balaban J connectivity index is 2.25. The molecule has 32 heavy (non-hydrogen) atoms. The van der Waals surface area contributed by atoms with Crippen LogP contribution in [0.15, 0.2) is 42.0 Å². The summed E-state index contributed by atoms with van der Waals surface area (Å²) in [4.78, 5) is 24.3. The molecule has 0 aromatic heterocycles. The number of carbonyl (C=O) groups is 2. The Morgan fingerprint density at radius 2 is 1.88 bits per heavy atom. The summed E-state index contributed by atoms with van der Waals surface area (Å²) in [5, 5.41) is 12.1. The first-order valence-electron chi connectivity index (χ1n) is 9.66. The molecule has 7 nitrogen and oxygen atoms in total. The van der Waals surface area contributed by atoms with Gasteiger partial charge in [-0.25, -0.2) is 4.79 Å². The fraction of sp³-hybridized carbons (Fsp3) is 0.208. The van der Waals surface area contributed by atoms with Gasteiger partial charge in [-0.05, 0) is 84.5 Å². The molecule has 0 atom stereocenters. The van der Waals surface area contributed by atoms with E-state index in [4.69, 9.17) is 20.6 Å². The van der Waals surface area contributed by atoms with Gasteiger partial charge in [0.25, 0.3) is 5.91 Å². The van der Waals surface area contributed by atoms with E-state index in [0.29, 0.717) is 34.9 Å². The average Bonchev–Trinajstić information content (AvgIpc) is 2.77. The number of anilines is 1. The first kappa shape index (κ1) is 24.8. The van der Waals surface area contributed by atoms with Gasteiger partial charge < -0.3 is 19.5 Å². The number of halogens is 1. The van der Waals surface area contributed by atoms with Crippen LogP contribution in [0.5, 0.6) is 11.5 Å². The van der Waals surface area contributed by atoms with E-state index in [-0.39, 0.29) is 18.8 Å². The van der Waals surface area contributed by atoms with Crippen molar-refractivity contribution < 1.29 is 23.8 Å². The van der Waals surface area contributed by atoms with Crippen LogP contribution in [0.4, 0.5) is 5.69 Å². The van der Waals surface area contributed by atoms with Crippen LogP contribution in [0, 0.1) is 27.2 Å². The largest absolute Gasteiger partial charge is 0.490 e. The Kier molecular flexibility index (Phi) is 9.58. The van der Waals surface area contributed by atoms with Gasteiger partial charge in [0.15, 0.2) is 11.5 Å². The molecule has 0 unspecified atom stereocenters. The lowest BCUT2D eigenvalue weighted by atomic mass is 10.1. The minimum absolute atomic E-state index is 0.0894. The molecule has 0 fully saturated rings. The third-order valence-electron chi connectivity index (χ3n) is 3.96. The van der Waals surface area contributed by atoms with Crippen molar-refractivity contribution in [2.24, 2.45) is 0 Å². The Morgan fingerprint density at radius 1 is 1.16 bits per heavy atom. The van der Waals surface area contributed by atoms with Gasteiger partial charge in [-0.2, -0.15) is 5.26 Å². The van der Waals surface area contributed by atoms with Crippen molar-refractivity contribution >= 4 is 46.2 Å². The number of terminal acetylenes is 1. The van der Waals surface area contributed by atoms with Gasteiger partial charge in [-0.15, -0.1) is 6.42 Å². The van der Waals surface area contributed by atoms with E-state index in [9.17, 15) is 14.9 Å². The summed E-state index contributed by atoms with van der Waals surface area (Å²) >= 11 is 2.08. The molecule has 0 saturated carbocycles. The lowest BCUT2D eigenvalue weighted by Crippen LogP contribution is -2.13. The molecule has 0 saturated heterocycles. The number of nitrogens with zero attached hydrogens (tertiary/aromatic N) is 1. The molecule has 164 valence electrons. The SMILES string of the molecule is C#CCOc1c(I)cc(/C=C(\C#N)C(=O)Nc2ccc(C(=O)OCC)cc2)cc1OCC. The smallest absolute Gasteiger partial charge is 0.338 e. The van der Waals surface area contributed by atoms with E-state index in [1.54, 1.807) is 31.2 Å². The van der Waals surface area contributed by atoms with Crippen LogP contribution in [-0.4, -0.2) is 31.7 Å². The standard InChI is InChI=1S/C24H21IN2O5/c1-4-11-32-22-20(25)13-16(14-21(22)30-5-2)12-18(15-26)23(28)27-19-9-7-17(8-10-19)24(29)31-6-3/h1,7-10,12-14H,5-6,11H2,2-3H3,(H,27,28)/b18-12+. The van der Waals surface area contributed by atoms with Crippen LogP contribution in [0.2, 0.25) is 0 Å². The van der Waals surface area contributed by atoms with E-state index in [2.05, 4.69) is 33.8 Å². The van der Waals surface area contributed by atoms with Crippen LogP contribution in [0.25, 0.3) is 6.08 Å². The highest BCUT2D eigenvalue weighted by Gasteiger charge is 2.15. The molecule has 0 radical (unpaired) electrons. The van der Waals surface area contributed by atoms with Crippen molar-refractivity contribution in [2.75, 3.05) is 25.1 Å². The van der Waals surface area contributed by atoms with Gasteiger partial charge in [-0.3, -0.25) is 4.79 Å². The van der Waals surface area contributed by atoms with E-state index >= 15 is 0 Å². The van der Waals surface area contributed by atoms with Crippen molar-refractivity contribution in [1.29, 1.82) is 5.26 Å². The summed E-state index contributed by atoms with van der Waals surface area (Å²) in [6.45, 7) is 4.32. The number of esters is 1. The number of hydrogen-bond acceptors (Lipinski definition) is 6. The molecule has 0 spiro atoms. The first-order valence-corrected chi connectivity index (χ1v) is 10.7. The first-order chi connectivity index (χ1) is 15.4. The van der Waals surface area contributed by atoms with Gasteiger partial charge in [0.1, 0.15) is 18.2 Å². The van der Waals surface area contributed by atoms with Crippen LogP contribution in [-0.2, 0) is 9.53 Å². The highest BCUT2D eigenvalue weighted by Crippen LogP contribution is 2.35. The Labute approximate surface area is 200 Å². The maximum Gasteiger partial charge on any atom is 0.338 e. The maximum absolute atomic E-state index is 12.6. The van der Waals surface area contributed by atoms with Crippen molar-refractivity contribution in [1.82, 2.24) is 0 Å². The predicted octanol–water partition coefficient (Wildman–Crippen LogP) is 4.42. The quantitative estimate of drug-likeness (QED) is 0.165. The Morgan fingerprint density at radius 3 is 2.47 bits per heavy atom. The van der Waals surface area contributed by atoms with Crippen LogP contribution in [0.1, 0.15) is 29.8 Å². The Hall–Kier alpha value is -3.50. The van der Waals surface area contributed by atoms with Gasteiger partial charge in [0.2, 0.25) is 0 Å². The molecule has 1 amide bonds. The van der Waals surface area contributed by atoms with Gasteiger partial charge in [-0.1, -0.05) is 5.92 Å². The zero-order valence-corrected chi connectivity index (χ0v) is 19.8. The van der Waals surface area contributed by atoms with E-state index in [1.807, 2.05) is 13.0 Å². The molecule has 0 bridgehead atoms.